The predicted octanol–water partition coefficient (Wildman–Crippen LogP) is 10.8. The molecule has 1 unspecified atom stereocenters. The molecule has 1 saturated heterocycles. The fourth-order valence-electron chi connectivity index (χ4n) is 16.7. The number of fused-ring (bicyclic) bond motifs is 5. The summed E-state index contributed by atoms with van der Waals surface area (Å²) in [6.07, 6.45) is 11.9. The number of piperidine rings is 1. The Kier molecular flexibility index (Phi) is 31.2. The van der Waals surface area contributed by atoms with Crippen LogP contribution in [-0.2, 0) is 76.6 Å². The Balaban J connectivity index is 0.000000210. The molecule has 0 spiro atoms. The molecule has 4 aliphatic heterocycles. The molecule has 8 N–H and O–H groups in total. The summed E-state index contributed by atoms with van der Waals surface area (Å²) in [6, 6.07) is 37.2. The first-order valence-corrected chi connectivity index (χ1v) is 40.3. The Morgan fingerprint density at radius 1 is 0.480 bits per heavy atom. The third kappa shape index (κ3) is 21.5. The van der Waals surface area contributed by atoms with Gasteiger partial charge in [0.15, 0.2) is 17.5 Å². The molecule has 36 heteroatoms. The molecule has 0 bridgehead atoms. The van der Waals surface area contributed by atoms with Crippen LogP contribution < -0.4 is 42.5 Å². The number of nitrogens with one attached hydrogen (secondary N) is 8. The number of pyridine rings is 2. The van der Waals surface area contributed by atoms with Crippen LogP contribution in [0.4, 0.5) is 43.2 Å². The number of likely N-dealkylation sites (tertiary alicyclic amines) is 1. The number of likely N-dealkylation sites (N-methyl/N-ethyl adjacent to an activating group) is 3. The fourth-order valence-corrected chi connectivity index (χ4v) is 16.7. The molecular formula is C89H116N24O9S3. The lowest BCUT2D eigenvalue weighted by molar-refractivity contribution is -0.130. The van der Waals surface area contributed by atoms with Gasteiger partial charge in [-0.15, -0.1) is 0 Å². The van der Waals surface area contributed by atoms with Crippen molar-refractivity contribution >= 4 is 134 Å². The summed E-state index contributed by atoms with van der Waals surface area (Å²) in [5.41, 5.74) is 9.07. The first kappa shape index (κ1) is 96.3. The van der Waals surface area contributed by atoms with Crippen molar-refractivity contribution in [3.05, 3.63) is 246 Å². The number of nitrogens with zero attached hydrogens (tertiary/aromatic N) is 16. The van der Waals surface area contributed by atoms with E-state index in [0.717, 1.165) is 62.4 Å². The van der Waals surface area contributed by atoms with E-state index in [2.05, 4.69) is 82.6 Å². The molecule has 664 valence electrons. The first-order chi connectivity index (χ1) is 58.0. The van der Waals surface area contributed by atoms with E-state index in [1.807, 2.05) is 204 Å². The third-order valence-electron chi connectivity index (χ3n) is 22.5. The third-order valence-corrected chi connectivity index (χ3v) is 22.5. The molecule has 0 radical (unpaired) electrons. The average molecular weight is 1760 g/mol. The second kappa shape index (κ2) is 40.4. The van der Waals surface area contributed by atoms with Gasteiger partial charge in [0.2, 0.25) is 23.6 Å². The number of carbonyl (C=O) groups is 9. The number of rotatable bonds is 23. The Bertz CT molecular complexity index is 5390. The topological polar surface area (TPSA) is 348 Å². The van der Waals surface area contributed by atoms with Crippen LogP contribution >= 0.6 is 40.5 Å². The van der Waals surface area contributed by atoms with E-state index in [1.165, 1.54) is 18.2 Å². The maximum absolute atomic E-state index is 13.7. The van der Waals surface area contributed by atoms with E-state index in [1.54, 1.807) is 105 Å². The van der Waals surface area contributed by atoms with Crippen molar-refractivity contribution in [1.29, 1.82) is 0 Å². The number of amides is 12. The number of hydrogen-bond donors (Lipinski definition) is 8. The van der Waals surface area contributed by atoms with Crippen LogP contribution in [0.5, 0.6) is 0 Å². The summed E-state index contributed by atoms with van der Waals surface area (Å²) in [6.45, 7) is 26.2. The van der Waals surface area contributed by atoms with E-state index in [4.69, 9.17) is 0 Å². The SMILES string of the molecule is C=CC(=O)N1CCCC(C(=O)Nc2nn(C)c3c2CN(C(=O)N[C@H](CN(C)C)c2ccccc2)C3(C)C)C1.C=CC(=O)Nc1ccn2cc(C(=O)Nc3nn(C)c4c3CN(C(=O)N[C@H](CN(C)C)c3ccccc3)C4(C)C)cc2c1.C=CC(=O)Nc1ccn2cc(C(=O)Nc3nn(C)c4c3CN(C(=O)N[C@H](CN(C)C)c3ccccc3)C4(C)C)nc2c1.S.S.S. The lowest BCUT2D eigenvalue weighted by Gasteiger charge is -2.34. The van der Waals surface area contributed by atoms with Crippen molar-refractivity contribution in [2.45, 2.75) is 109 Å². The molecule has 11 heterocycles. The van der Waals surface area contributed by atoms with Crippen LogP contribution in [0.2, 0.25) is 0 Å². The Labute approximate surface area is 749 Å². The monoisotopic (exact) mass is 1760 g/mol. The molecule has 7 aromatic heterocycles. The maximum Gasteiger partial charge on any atom is 0.319 e. The molecule has 125 heavy (non-hydrogen) atoms. The number of imidazole rings is 1. The summed E-state index contributed by atoms with van der Waals surface area (Å²) in [7, 11) is 17.3. The molecule has 3 aromatic carbocycles. The minimum atomic E-state index is -0.682. The van der Waals surface area contributed by atoms with Crippen molar-refractivity contribution in [3.63, 3.8) is 0 Å². The van der Waals surface area contributed by atoms with Crippen molar-refractivity contribution < 1.29 is 43.2 Å². The summed E-state index contributed by atoms with van der Waals surface area (Å²) in [4.78, 5) is 134. The van der Waals surface area contributed by atoms with E-state index in [-0.39, 0.29) is 124 Å². The quantitative estimate of drug-likeness (QED) is 0.0276. The van der Waals surface area contributed by atoms with Gasteiger partial charge in [0.05, 0.1) is 82.9 Å². The van der Waals surface area contributed by atoms with Gasteiger partial charge in [0.25, 0.3) is 11.8 Å². The van der Waals surface area contributed by atoms with Crippen LogP contribution in [0.25, 0.3) is 11.2 Å². The highest BCUT2D eigenvalue weighted by Gasteiger charge is 2.49. The van der Waals surface area contributed by atoms with E-state index in [0.29, 0.717) is 92.3 Å². The van der Waals surface area contributed by atoms with Crippen molar-refractivity contribution in [2.75, 3.05) is 102 Å². The molecule has 14 rings (SSSR count). The van der Waals surface area contributed by atoms with E-state index in [9.17, 15) is 43.2 Å². The van der Waals surface area contributed by atoms with Crippen molar-refractivity contribution in [1.82, 2.24) is 93.4 Å². The van der Waals surface area contributed by atoms with Crippen LogP contribution in [-0.4, -0.2) is 206 Å². The second-order valence-electron chi connectivity index (χ2n) is 33.3. The smallest absolute Gasteiger partial charge is 0.319 e. The zero-order chi connectivity index (χ0) is 88.0. The number of aromatic nitrogens is 9. The summed E-state index contributed by atoms with van der Waals surface area (Å²) in [5.74, 6) is -0.797. The molecule has 1 fully saturated rings. The summed E-state index contributed by atoms with van der Waals surface area (Å²) < 4.78 is 8.68. The minimum absolute atomic E-state index is 0. The number of hydrogen-bond acceptors (Lipinski definition) is 16. The van der Waals surface area contributed by atoms with Gasteiger partial charge in [-0.3, -0.25) is 42.8 Å². The molecule has 33 nitrogen and oxygen atoms in total. The average Bonchev–Trinajstić information content (AvgIpc) is 1.59. The minimum Gasteiger partial charge on any atom is -0.338 e. The van der Waals surface area contributed by atoms with Gasteiger partial charge in [-0.25, -0.2) is 19.4 Å². The zero-order valence-electron chi connectivity index (χ0n) is 73.4. The van der Waals surface area contributed by atoms with Gasteiger partial charge < -0.3 is 85.6 Å². The predicted molar refractivity (Wildman–Crippen MR) is 500 cm³/mol. The van der Waals surface area contributed by atoms with Crippen molar-refractivity contribution in [3.8, 4) is 0 Å². The largest absolute Gasteiger partial charge is 0.338 e. The molecule has 4 aliphatic rings. The fraction of sp³-hybridized carbons (Fsp3) is 0.360. The number of benzene rings is 3. The number of aryl methyl sites for hydroxylation is 3. The lowest BCUT2D eigenvalue weighted by atomic mass is 9.97. The van der Waals surface area contributed by atoms with Gasteiger partial charge in [0.1, 0.15) is 11.3 Å². The van der Waals surface area contributed by atoms with Crippen LogP contribution in [0.3, 0.4) is 0 Å². The van der Waals surface area contributed by atoms with Gasteiger partial charge in [-0.1, -0.05) is 111 Å². The van der Waals surface area contributed by atoms with Gasteiger partial charge in [0, 0.05) is 118 Å². The highest BCUT2D eigenvalue weighted by Crippen LogP contribution is 2.45. The molecule has 4 atom stereocenters. The molecule has 10 aromatic rings. The lowest BCUT2D eigenvalue weighted by Crippen LogP contribution is -2.49. The molecule has 0 aliphatic carbocycles. The molecular weight excluding hydrogens is 1650 g/mol. The molecule has 12 amide bonds. The summed E-state index contributed by atoms with van der Waals surface area (Å²) in [5, 5.41) is 37.7. The normalized spacial score (nSPS) is 15.6. The number of carbonyl (C=O) groups excluding carboxylic acids is 9. The first-order valence-electron chi connectivity index (χ1n) is 40.3. The van der Waals surface area contributed by atoms with Crippen LogP contribution in [0.15, 0.2) is 184 Å². The standard InChI is InChI=1S/C31H36N8O3.C30H35N9O3.C28H39N7O3.3H2S/c1-7-26(40)32-22-13-14-38-17-21(15-23(38)16-22)29(41)34-28-24-18-39(31(2,3)27(24)37(6)35-28)30(42)33-25(19-36(4)5)20-11-9-8-10-12-20;1-7-25(40)31-20-13-14-38-18-23(32-24(38)15-20)28(41)34-27-21-16-39(30(2,3)26(21)37(6)35-27)29(42)33-22(17-36(4)5)19-11-9-8-10-12-19;1-7-23(36)34-15-11-14-20(16-34)26(37)30-25-21-17-35(28(2,3)24(21)33(6)31-25)27(38)29-22(18-32(4)5)19-12-9-8-10-13-19;;;/h7-17,25H,1,18-19H2,2-6H3,(H,32,40)(H,33,42)(H,34,35,41);7-15,18,22H,1,16-17H2,2-6H3,(H,31,40)(H,33,42)(H,34,35,41);7-10,12-13,20,22H,1,11,14-18H2,2-6H3,(H,29,38)(H,30,31,37);3*1H2/t25-;22-;20?,22-;;;/m111.../s1. The van der Waals surface area contributed by atoms with Crippen LogP contribution in [0.1, 0.15) is 144 Å². The van der Waals surface area contributed by atoms with Gasteiger partial charge >= 0.3 is 18.1 Å². The Hall–Kier alpha value is -12.5. The van der Waals surface area contributed by atoms with E-state index >= 15 is 0 Å². The summed E-state index contributed by atoms with van der Waals surface area (Å²) >= 11 is 0. The van der Waals surface area contributed by atoms with Gasteiger partial charge in [-0.05, 0) is 156 Å². The van der Waals surface area contributed by atoms with E-state index < -0.39 is 22.5 Å². The number of anilines is 5. The maximum atomic E-state index is 13.7. The molecule has 0 saturated carbocycles. The Morgan fingerprint density at radius 3 is 1.26 bits per heavy atom. The van der Waals surface area contributed by atoms with Gasteiger partial charge in [-0.2, -0.15) is 55.8 Å². The second-order valence-corrected chi connectivity index (χ2v) is 33.3. The zero-order valence-corrected chi connectivity index (χ0v) is 76.4. The number of urea groups is 3. The van der Waals surface area contributed by atoms with Crippen molar-refractivity contribution in [2.24, 2.45) is 27.1 Å². The highest BCUT2D eigenvalue weighted by atomic mass is 32.1. The van der Waals surface area contributed by atoms with Crippen LogP contribution in [0, 0.1) is 5.92 Å². The highest BCUT2D eigenvalue weighted by molar-refractivity contribution is 7.59. The Morgan fingerprint density at radius 2 is 0.864 bits per heavy atom.